The van der Waals surface area contributed by atoms with Gasteiger partial charge in [0.15, 0.2) is 0 Å². The first-order chi connectivity index (χ1) is 10.4. The highest BCUT2D eigenvalue weighted by Crippen LogP contribution is 2.28. The van der Waals surface area contributed by atoms with Gasteiger partial charge in [-0.2, -0.15) is 0 Å². The van der Waals surface area contributed by atoms with Gasteiger partial charge in [-0.15, -0.1) is 0 Å². The molecule has 0 unspecified atom stereocenters. The number of hydrogen-bond donors (Lipinski definition) is 1. The highest BCUT2D eigenvalue weighted by atomic mass is 16.6. The third kappa shape index (κ3) is 2.74. The number of H-pyrrole nitrogens is 1. The zero-order chi connectivity index (χ0) is 16.3. The molecule has 0 saturated carbocycles. The first kappa shape index (κ1) is 15.8. The Morgan fingerprint density at radius 1 is 1.45 bits per heavy atom. The summed E-state index contributed by atoms with van der Waals surface area (Å²) in [5, 5.41) is 12.1. The lowest BCUT2D eigenvalue weighted by molar-refractivity contribution is -0.550. The van der Waals surface area contributed by atoms with E-state index in [0.717, 1.165) is 18.0 Å². The number of fused-ring (bicyclic) bond motifs is 1. The molecule has 7 nitrogen and oxygen atoms in total. The van der Waals surface area contributed by atoms with E-state index in [-0.39, 0.29) is 6.42 Å². The molecule has 0 aliphatic carbocycles. The van der Waals surface area contributed by atoms with Crippen molar-refractivity contribution < 1.29 is 19.2 Å². The summed E-state index contributed by atoms with van der Waals surface area (Å²) in [6, 6.07) is 5.47. The molecular formula is C15H18N2O5. The van der Waals surface area contributed by atoms with Crippen molar-refractivity contribution in [2.45, 2.75) is 25.8 Å². The maximum absolute atomic E-state index is 11.8. The lowest BCUT2D eigenvalue weighted by atomic mass is 9.93. The topological polar surface area (TPSA) is 94.5 Å². The fourth-order valence-corrected chi connectivity index (χ4v) is 2.36. The lowest BCUT2D eigenvalue weighted by Crippen LogP contribution is -2.46. The van der Waals surface area contributed by atoms with Gasteiger partial charge in [0.05, 0.1) is 20.1 Å². The van der Waals surface area contributed by atoms with Gasteiger partial charge in [-0.25, -0.2) is 4.79 Å². The van der Waals surface area contributed by atoms with Crippen molar-refractivity contribution in [2.24, 2.45) is 0 Å². The second-order valence-electron chi connectivity index (χ2n) is 5.15. The Labute approximate surface area is 127 Å². The SMILES string of the molecule is CCOc1ccc2[nH]cc(C[C@](C)(C(=O)OC)[N+](=O)[O-])c2c1. The number of nitrogens with zero attached hydrogens (tertiary/aromatic N) is 1. The number of aromatic nitrogens is 1. The van der Waals surface area contributed by atoms with E-state index in [1.54, 1.807) is 6.20 Å². The zero-order valence-electron chi connectivity index (χ0n) is 12.7. The molecule has 0 bridgehead atoms. The van der Waals surface area contributed by atoms with E-state index >= 15 is 0 Å². The van der Waals surface area contributed by atoms with Gasteiger partial charge in [-0.05, 0) is 30.7 Å². The smallest absolute Gasteiger partial charge is 0.384 e. The van der Waals surface area contributed by atoms with Gasteiger partial charge in [0.1, 0.15) is 5.75 Å². The van der Waals surface area contributed by atoms with Crippen LogP contribution in [0.4, 0.5) is 0 Å². The summed E-state index contributed by atoms with van der Waals surface area (Å²) < 4.78 is 10.0. The Morgan fingerprint density at radius 2 is 2.18 bits per heavy atom. The second-order valence-corrected chi connectivity index (χ2v) is 5.15. The van der Waals surface area contributed by atoms with E-state index in [0.29, 0.717) is 17.9 Å². The van der Waals surface area contributed by atoms with E-state index < -0.39 is 16.4 Å². The van der Waals surface area contributed by atoms with Crippen molar-refractivity contribution in [3.63, 3.8) is 0 Å². The summed E-state index contributed by atoms with van der Waals surface area (Å²) in [6.45, 7) is 3.67. The summed E-state index contributed by atoms with van der Waals surface area (Å²) >= 11 is 0. The summed E-state index contributed by atoms with van der Waals surface area (Å²) in [6.07, 6.45) is 1.60. The van der Waals surface area contributed by atoms with Crippen molar-refractivity contribution in [1.82, 2.24) is 4.98 Å². The minimum absolute atomic E-state index is 0.0672. The van der Waals surface area contributed by atoms with Crippen LogP contribution >= 0.6 is 0 Å². The highest BCUT2D eigenvalue weighted by Gasteiger charge is 2.47. The predicted octanol–water partition coefficient (Wildman–Crippen LogP) is 2.32. The third-order valence-electron chi connectivity index (χ3n) is 3.61. The van der Waals surface area contributed by atoms with Crippen LogP contribution in [-0.2, 0) is 16.0 Å². The van der Waals surface area contributed by atoms with E-state index in [9.17, 15) is 14.9 Å². The van der Waals surface area contributed by atoms with Crippen LogP contribution in [0.25, 0.3) is 10.9 Å². The van der Waals surface area contributed by atoms with Gasteiger partial charge in [0.25, 0.3) is 0 Å². The molecule has 0 fully saturated rings. The van der Waals surface area contributed by atoms with Gasteiger partial charge in [-0.1, -0.05) is 0 Å². The molecule has 0 amide bonds. The highest BCUT2D eigenvalue weighted by molar-refractivity contribution is 5.86. The Morgan fingerprint density at radius 3 is 2.77 bits per heavy atom. The van der Waals surface area contributed by atoms with Crippen LogP contribution in [0.5, 0.6) is 5.75 Å². The standard InChI is InChI=1S/C15H18N2O5/c1-4-22-11-5-6-13-12(7-11)10(9-16-13)8-15(2,17(19)20)14(18)21-3/h5-7,9,16H,4,8H2,1-3H3/t15-/m1/s1. The van der Waals surface area contributed by atoms with Gasteiger partial charge >= 0.3 is 11.5 Å². The Balaban J connectivity index is 2.43. The molecule has 1 N–H and O–H groups in total. The van der Waals surface area contributed by atoms with Crippen molar-refractivity contribution in [3.8, 4) is 5.75 Å². The van der Waals surface area contributed by atoms with Gasteiger partial charge in [0, 0.05) is 28.9 Å². The number of carbonyl (C=O) groups excluding carboxylic acids is 1. The molecule has 0 spiro atoms. The molecule has 1 aromatic heterocycles. The number of nitro groups is 1. The molecule has 2 aromatic rings. The lowest BCUT2D eigenvalue weighted by Gasteiger charge is -2.17. The second kappa shape index (κ2) is 6.05. The summed E-state index contributed by atoms with van der Waals surface area (Å²) in [5.74, 6) is -0.190. The third-order valence-corrected chi connectivity index (χ3v) is 3.61. The fourth-order valence-electron chi connectivity index (χ4n) is 2.36. The summed E-state index contributed by atoms with van der Waals surface area (Å²) in [5.41, 5.74) is -0.332. The van der Waals surface area contributed by atoms with Crippen molar-refractivity contribution in [3.05, 3.63) is 40.1 Å². The molecule has 0 aliphatic rings. The van der Waals surface area contributed by atoms with E-state index in [4.69, 9.17) is 4.74 Å². The van der Waals surface area contributed by atoms with Crippen LogP contribution in [0.1, 0.15) is 19.4 Å². The molecule has 0 radical (unpaired) electrons. The van der Waals surface area contributed by atoms with Gasteiger partial charge in [-0.3, -0.25) is 10.1 Å². The number of rotatable bonds is 6. The molecule has 1 atom stereocenters. The number of methoxy groups -OCH3 is 1. The first-order valence-electron chi connectivity index (χ1n) is 6.88. The normalized spacial score (nSPS) is 13.6. The largest absolute Gasteiger partial charge is 0.494 e. The van der Waals surface area contributed by atoms with E-state index in [2.05, 4.69) is 9.72 Å². The fraction of sp³-hybridized carbons (Fsp3) is 0.400. The van der Waals surface area contributed by atoms with Gasteiger partial charge < -0.3 is 14.5 Å². The molecule has 2 rings (SSSR count). The monoisotopic (exact) mass is 306 g/mol. The number of ether oxygens (including phenoxy) is 2. The summed E-state index contributed by atoms with van der Waals surface area (Å²) in [7, 11) is 1.15. The Bertz CT molecular complexity index is 709. The zero-order valence-corrected chi connectivity index (χ0v) is 12.7. The molecular weight excluding hydrogens is 288 g/mol. The van der Waals surface area contributed by atoms with Crippen molar-refractivity contribution in [1.29, 1.82) is 0 Å². The van der Waals surface area contributed by atoms with Crippen LogP contribution in [-0.4, -0.2) is 35.1 Å². The van der Waals surface area contributed by atoms with Crippen LogP contribution in [0.2, 0.25) is 0 Å². The van der Waals surface area contributed by atoms with Gasteiger partial charge in [0.2, 0.25) is 0 Å². The maximum Gasteiger partial charge on any atom is 0.384 e. The number of nitrogens with one attached hydrogen (secondary N) is 1. The Hall–Kier alpha value is -2.57. The number of hydrogen-bond acceptors (Lipinski definition) is 5. The summed E-state index contributed by atoms with van der Waals surface area (Å²) in [4.78, 5) is 25.6. The van der Waals surface area contributed by atoms with Crippen molar-refractivity contribution in [2.75, 3.05) is 13.7 Å². The van der Waals surface area contributed by atoms with Crippen LogP contribution in [0.3, 0.4) is 0 Å². The number of aromatic amines is 1. The predicted molar refractivity (Wildman–Crippen MR) is 80.6 cm³/mol. The molecule has 0 aliphatic heterocycles. The molecule has 22 heavy (non-hydrogen) atoms. The number of esters is 1. The van der Waals surface area contributed by atoms with Crippen LogP contribution in [0.15, 0.2) is 24.4 Å². The maximum atomic E-state index is 11.8. The van der Waals surface area contributed by atoms with E-state index in [1.807, 2.05) is 25.1 Å². The quantitative estimate of drug-likeness (QED) is 0.502. The molecule has 0 saturated heterocycles. The molecule has 1 aromatic carbocycles. The number of benzene rings is 1. The average Bonchev–Trinajstić information content (AvgIpc) is 2.88. The minimum atomic E-state index is -1.83. The molecule has 7 heteroatoms. The van der Waals surface area contributed by atoms with E-state index in [1.165, 1.54) is 6.92 Å². The average molecular weight is 306 g/mol. The minimum Gasteiger partial charge on any atom is -0.494 e. The molecule has 118 valence electrons. The van der Waals surface area contributed by atoms with Crippen LogP contribution in [0, 0.1) is 10.1 Å². The first-order valence-corrected chi connectivity index (χ1v) is 6.88. The van der Waals surface area contributed by atoms with Crippen molar-refractivity contribution >= 4 is 16.9 Å². The molecule has 1 heterocycles. The number of carbonyl (C=O) groups is 1. The van der Waals surface area contributed by atoms with Crippen LogP contribution < -0.4 is 4.74 Å². The Kier molecular flexibility index (Phi) is 4.35.